The highest BCUT2D eigenvalue weighted by Gasteiger charge is 2.74. The van der Waals surface area contributed by atoms with Crippen LogP contribution in [-0.2, 0) is 29.8 Å². The Morgan fingerprint density at radius 2 is 1.58 bits per heavy atom. The summed E-state index contributed by atoms with van der Waals surface area (Å²) >= 11 is 0. The molecular formula is C32H31F8NO6S. The van der Waals surface area contributed by atoms with Crippen molar-refractivity contribution < 1.29 is 63.0 Å². The van der Waals surface area contributed by atoms with Gasteiger partial charge in [-0.15, -0.1) is 0 Å². The molecule has 2 aliphatic carbocycles. The molecule has 6 rings (SSSR count). The number of carboxylic acid groups (broad SMARTS) is 1. The van der Waals surface area contributed by atoms with E-state index < -0.39 is 90.5 Å². The number of benzene rings is 2. The Bertz CT molecular complexity index is 1730. The van der Waals surface area contributed by atoms with Crippen LogP contribution in [0.4, 0.5) is 35.1 Å². The van der Waals surface area contributed by atoms with Crippen molar-refractivity contribution >= 4 is 21.7 Å². The molecule has 2 heterocycles. The molecule has 0 aromatic heterocycles. The molecule has 1 spiro atoms. The zero-order chi connectivity index (χ0) is 35.3. The first kappa shape index (κ1) is 34.4. The van der Waals surface area contributed by atoms with Gasteiger partial charge >= 0.3 is 24.0 Å². The lowest BCUT2D eigenvalue weighted by Crippen LogP contribution is -2.61. The van der Waals surface area contributed by atoms with E-state index in [-0.39, 0.29) is 36.1 Å². The van der Waals surface area contributed by atoms with Crippen molar-refractivity contribution in [1.29, 1.82) is 0 Å². The molecule has 2 aromatic carbocycles. The van der Waals surface area contributed by atoms with Gasteiger partial charge in [0.05, 0.1) is 16.4 Å². The molecule has 0 radical (unpaired) electrons. The van der Waals surface area contributed by atoms with Crippen LogP contribution in [0, 0.1) is 22.6 Å². The van der Waals surface area contributed by atoms with Crippen molar-refractivity contribution in [1.82, 2.24) is 4.90 Å². The van der Waals surface area contributed by atoms with E-state index in [4.69, 9.17) is 4.74 Å². The Balaban J connectivity index is 1.37. The number of carbonyl (C=O) groups is 2. The highest BCUT2D eigenvalue weighted by molar-refractivity contribution is 7.92. The summed E-state index contributed by atoms with van der Waals surface area (Å²) in [6.45, 7) is 1.05. The number of sulfone groups is 1. The SMILES string of the molecule is CCCC1(C(=O)O)CC2(CC(C(=O)N3CCC4(S(=O)(=O)c5ccc(F)cc5)c5ccc(C(F)(C(F)(F)F)C(F)(F)F)cc5OCC34)C2)C1. The third kappa shape index (κ3) is 4.67. The lowest BCUT2D eigenvalue weighted by molar-refractivity contribution is -0.348. The molecule has 0 bridgehead atoms. The van der Waals surface area contributed by atoms with Crippen molar-refractivity contribution in [3.63, 3.8) is 0 Å². The Morgan fingerprint density at radius 1 is 0.979 bits per heavy atom. The minimum absolute atomic E-state index is 0.176. The molecule has 1 amide bonds. The standard InChI is InChI=1S/C32H31F8NO6S/c1-2-9-28(26(43)44)16-27(17-28)13-18(14-27)25(42)41-11-10-29(48(45,46)21-6-4-20(33)5-7-21)22-8-3-19(12-23(22)47-15-24(29)41)30(34,31(35,36)37)32(38,39)40/h3-8,12,18,24H,2,9-11,13-17H2,1H3,(H,43,44). The monoisotopic (exact) mass is 709 g/mol. The van der Waals surface area contributed by atoms with Gasteiger partial charge < -0.3 is 14.7 Å². The lowest BCUT2D eigenvalue weighted by atomic mass is 9.41. The fourth-order valence-corrected chi connectivity index (χ4v) is 11.1. The second-order valence-electron chi connectivity index (χ2n) is 13.6. The highest BCUT2D eigenvalue weighted by Crippen LogP contribution is 2.68. The van der Waals surface area contributed by atoms with Gasteiger partial charge in [0.15, 0.2) is 9.84 Å². The van der Waals surface area contributed by atoms with E-state index in [9.17, 15) is 58.2 Å². The smallest absolute Gasteiger partial charge is 0.435 e. The number of nitrogens with zero attached hydrogens (tertiary/aromatic N) is 1. The zero-order valence-electron chi connectivity index (χ0n) is 25.4. The Kier molecular flexibility index (Phi) is 7.74. The van der Waals surface area contributed by atoms with Crippen LogP contribution in [0.25, 0.3) is 0 Å². The molecule has 4 aliphatic rings. The number of hydrogen-bond acceptors (Lipinski definition) is 5. The van der Waals surface area contributed by atoms with Crippen molar-refractivity contribution in [3.05, 3.63) is 59.4 Å². The van der Waals surface area contributed by atoms with Crippen molar-refractivity contribution in [2.24, 2.45) is 16.7 Å². The van der Waals surface area contributed by atoms with E-state index in [1.807, 2.05) is 6.92 Å². The fraction of sp³-hybridized carbons (Fsp3) is 0.562. The summed E-state index contributed by atoms with van der Waals surface area (Å²) in [5, 5.41) is 9.78. The molecule has 262 valence electrons. The number of aliphatic carboxylic acids is 1. The van der Waals surface area contributed by atoms with E-state index in [1.165, 1.54) is 4.90 Å². The van der Waals surface area contributed by atoms with Crippen molar-refractivity contribution in [3.8, 4) is 5.75 Å². The third-order valence-electron chi connectivity index (χ3n) is 10.9. The first-order valence-corrected chi connectivity index (χ1v) is 16.8. The molecular weight excluding hydrogens is 678 g/mol. The first-order valence-electron chi connectivity index (χ1n) is 15.3. The molecule has 3 fully saturated rings. The molecule has 2 unspecified atom stereocenters. The number of alkyl halides is 7. The van der Waals surface area contributed by atoms with Gasteiger partial charge in [0, 0.05) is 23.6 Å². The number of hydrogen-bond donors (Lipinski definition) is 1. The Morgan fingerprint density at radius 3 is 2.12 bits per heavy atom. The quantitative estimate of drug-likeness (QED) is 0.250. The molecule has 2 atom stereocenters. The Labute approximate surface area is 270 Å². The molecule has 2 saturated carbocycles. The van der Waals surface area contributed by atoms with Gasteiger partial charge in [0.2, 0.25) is 5.91 Å². The second kappa shape index (κ2) is 10.8. The average Bonchev–Trinajstić information content (AvgIpc) is 3.37. The van der Waals surface area contributed by atoms with Gasteiger partial charge in [-0.25, -0.2) is 17.2 Å². The van der Waals surface area contributed by atoms with Gasteiger partial charge in [-0.2, -0.15) is 26.3 Å². The molecule has 48 heavy (non-hydrogen) atoms. The number of amides is 1. The van der Waals surface area contributed by atoms with Crippen LogP contribution < -0.4 is 4.74 Å². The van der Waals surface area contributed by atoms with Crippen LogP contribution >= 0.6 is 0 Å². The number of carboxylic acids is 1. The molecule has 2 aliphatic heterocycles. The summed E-state index contributed by atoms with van der Waals surface area (Å²) in [6, 6.07) is 3.42. The van der Waals surface area contributed by atoms with E-state index in [0.717, 1.165) is 24.3 Å². The lowest BCUT2D eigenvalue weighted by Gasteiger charge is -2.62. The number of halogens is 8. The maximum absolute atomic E-state index is 15.0. The summed E-state index contributed by atoms with van der Waals surface area (Å²) < 4.78 is 143. The van der Waals surface area contributed by atoms with Crippen LogP contribution in [0.2, 0.25) is 0 Å². The number of carbonyl (C=O) groups excluding carboxylic acids is 1. The van der Waals surface area contributed by atoms with Crippen LogP contribution in [0.5, 0.6) is 5.75 Å². The summed E-state index contributed by atoms with van der Waals surface area (Å²) in [4.78, 5) is 26.7. The predicted molar refractivity (Wildman–Crippen MR) is 152 cm³/mol. The van der Waals surface area contributed by atoms with Gasteiger partial charge in [-0.3, -0.25) is 9.59 Å². The largest absolute Gasteiger partial charge is 0.491 e. The summed E-state index contributed by atoms with van der Waals surface area (Å²) in [7, 11) is -4.67. The van der Waals surface area contributed by atoms with Crippen LogP contribution in [0.3, 0.4) is 0 Å². The first-order chi connectivity index (χ1) is 22.2. The van der Waals surface area contributed by atoms with Crippen LogP contribution in [0.15, 0.2) is 47.4 Å². The van der Waals surface area contributed by atoms with Gasteiger partial charge in [-0.1, -0.05) is 25.5 Å². The number of rotatable bonds is 7. The van der Waals surface area contributed by atoms with E-state index >= 15 is 0 Å². The fourth-order valence-electron chi connectivity index (χ4n) is 8.79. The number of likely N-dealkylation sites (tertiary alicyclic amines) is 1. The number of ether oxygens (including phenoxy) is 1. The zero-order valence-corrected chi connectivity index (χ0v) is 26.2. The average molecular weight is 710 g/mol. The third-order valence-corrected chi connectivity index (χ3v) is 13.4. The molecule has 1 saturated heterocycles. The van der Waals surface area contributed by atoms with E-state index in [0.29, 0.717) is 44.6 Å². The molecule has 7 nitrogen and oxygen atoms in total. The van der Waals surface area contributed by atoms with Crippen molar-refractivity contribution in [2.45, 2.75) is 85.6 Å². The minimum atomic E-state index is -6.42. The molecule has 2 aromatic rings. The summed E-state index contributed by atoms with van der Waals surface area (Å²) in [5.74, 6) is -3.40. The van der Waals surface area contributed by atoms with Crippen LogP contribution in [0.1, 0.15) is 63.0 Å². The van der Waals surface area contributed by atoms with Gasteiger partial charge in [-0.05, 0) is 74.3 Å². The highest BCUT2D eigenvalue weighted by atomic mass is 32.2. The maximum Gasteiger partial charge on any atom is 0.435 e. The topological polar surface area (TPSA) is 101 Å². The molecule has 16 heteroatoms. The van der Waals surface area contributed by atoms with E-state index in [1.54, 1.807) is 0 Å². The summed E-state index contributed by atoms with van der Waals surface area (Å²) in [6.07, 6.45) is -10.5. The van der Waals surface area contributed by atoms with Gasteiger partial charge in [0.25, 0.3) is 0 Å². The van der Waals surface area contributed by atoms with Crippen LogP contribution in [-0.4, -0.2) is 61.8 Å². The number of fused-ring (bicyclic) bond motifs is 3. The van der Waals surface area contributed by atoms with Crippen molar-refractivity contribution in [2.75, 3.05) is 13.2 Å². The second-order valence-corrected chi connectivity index (χ2v) is 15.8. The Hall–Kier alpha value is -3.43. The van der Waals surface area contributed by atoms with Gasteiger partial charge in [0.1, 0.15) is 22.9 Å². The molecule has 1 N–H and O–H groups in total. The predicted octanol–water partition coefficient (Wildman–Crippen LogP) is 6.84. The maximum atomic E-state index is 15.0. The van der Waals surface area contributed by atoms with E-state index in [2.05, 4.69) is 0 Å². The summed E-state index contributed by atoms with van der Waals surface area (Å²) in [5.41, 5.74) is -9.21. The normalized spacial score (nSPS) is 30.1. The minimum Gasteiger partial charge on any atom is -0.491 e.